The third kappa shape index (κ3) is 5.88. The van der Waals surface area contributed by atoms with Crippen LogP contribution in [0.3, 0.4) is 0 Å². The molecule has 0 saturated carbocycles. The number of nitrogens with one attached hydrogen (secondary N) is 2. The topological polar surface area (TPSA) is 84.5 Å². The number of carbonyl (C=O) groups is 1. The summed E-state index contributed by atoms with van der Waals surface area (Å²) in [7, 11) is -2.66. The van der Waals surface area contributed by atoms with Crippen LogP contribution in [0.1, 0.15) is 16.7 Å². The molecule has 32 heavy (non-hydrogen) atoms. The van der Waals surface area contributed by atoms with Crippen molar-refractivity contribution >= 4 is 33.2 Å². The van der Waals surface area contributed by atoms with Crippen molar-refractivity contribution in [3.63, 3.8) is 0 Å². The number of aryl methyl sites for hydroxylation is 2. The molecule has 0 aliphatic carbocycles. The Morgan fingerprint density at radius 2 is 1.75 bits per heavy atom. The lowest BCUT2D eigenvalue weighted by Crippen LogP contribution is -2.45. The molecule has 8 heteroatoms. The Kier molecular flexibility index (Phi) is 7.56. The second-order valence-corrected chi connectivity index (χ2v) is 9.56. The Hall–Kier alpha value is -2.87. The molecule has 0 radical (unpaired) electrons. The zero-order chi connectivity index (χ0) is 23.3. The predicted molar refractivity (Wildman–Crippen MR) is 127 cm³/mol. The summed E-state index contributed by atoms with van der Waals surface area (Å²) in [6.07, 6.45) is 0.166. The number of hydrogen-bond donors (Lipinski definition) is 2. The molecule has 0 spiro atoms. The average Bonchev–Trinajstić information content (AvgIpc) is 2.76. The van der Waals surface area contributed by atoms with Crippen LogP contribution < -0.4 is 14.8 Å². The summed E-state index contributed by atoms with van der Waals surface area (Å²) in [5.41, 5.74) is 2.92. The zero-order valence-electron chi connectivity index (χ0n) is 18.1. The molecule has 0 aliphatic rings. The van der Waals surface area contributed by atoms with Gasteiger partial charge in [0.2, 0.25) is 15.9 Å². The van der Waals surface area contributed by atoms with Gasteiger partial charge >= 0.3 is 0 Å². The molecular weight excluding hydrogens is 448 g/mol. The molecule has 0 saturated heterocycles. The molecule has 0 heterocycles. The monoisotopic (exact) mass is 472 g/mol. The lowest BCUT2D eigenvalue weighted by atomic mass is 10.1. The van der Waals surface area contributed by atoms with E-state index in [0.29, 0.717) is 10.7 Å². The van der Waals surface area contributed by atoms with Crippen molar-refractivity contribution in [3.8, 4) is 5.75 Å². The van der Waals surface area contributed by atoms with Crippen LogP contribution >= 0.6 is 11.6 Å². The first-order valence-corrected chi connectivity index (χ1v) is 11.8. The van der Waals surface area contributed by atoms with Crippen LogP contribution in [-0.2, 0) is 21.2 Å². The number of carbonyl (C=O) groups excluding carboxylic acids is 1. The second-order valence-electron chi connectivity index (χ2n) is 7.47. The fourth-order valence-corrected chi connectivity index (χ4v) is 4.81. The average molecular weight is 473 g/mol. The van der Waals surface area contributed by atoms with E-state index in [1.54, 1.807) is 37.3 Å². The molecule has 3 aromatic rings. The first-order chi connectivity index (χ1) is 15.2. The van der Waals surface area contributed by atoms with Gasteiger partial charge in [-0.25, -0.2) is 8.42 Å². The number of halogens is 1. The minimum absolute atomic E-state index is 0.0238. The molecule has 0 unspecified atom stereocenters. The Balaban J connectivity index is 1.92. The lowest BCUT2D eigenvalue weighted by Gasteiger charge is -2.20. The van der Waals surface area contributed by atoms with Crippen LogP contribution in [0.4, 0.5) is 5.69 Å². The van der Waals surface area contributed by atoms with E-state index in [1.165, 1.54) is 13.2 Å². The van der Waals surface area contributed by atoms with Gasteiger partial charge < -0.3 is 10.1 Å². The van der Waals surface area contributed by atoms with E-state index in [0.717, 1.165) is 16.7 Å². The Morgan fingerprint density at radius 3 is 2.41 bits per heavy atom. The van der Waals surface area contributed by atoms with Gasteiger partial charge in [0.15, 0.2) is 0 Å². The van der Waals surface area contributed by atoms with E-state index < -0.39 is 22.0 Å². The zero-order valence-corrected chi connectivity index (χ0v) is 19.6. The second kappa shape index (κ2) is 10.2. The Bertz CT molecular complexity index is 1210. The highest BCUT2D eigenvalue weighted by molar-refractivity contribution is 7.89. The first-order valence-electron chi connectivity index (χ1n) is 9.97. The molecule has 168 valence electrons. The van der Waals surface area contributed by atoms with Crippen LogP contribution in [-0.4, -0.2) is 27.5 Å². The van der Waals surface area contributed by atoms with E-state index in [2.05, 4.69) is 10.0 Å². The molecule has 6 nitrogen and oxygen atoms in total. The first kappa shape index (κ1) is 23.8. The van der Waals surface area contributed by atoms with Crippen LogP contribution in [0.25, 0.3) is 0 Å². The van der Waals surface area contributed by atoms with Crippen molar-refractivity contribution in [1.82, 2.24) is 4.72 Å². The van der Waals surface area contributed by atoms with Gasteiger partial charge in [0.05, 0.1) is 7.11 Å². The van der Waals surface area contributed by atoms with Gasteiger partial charge in [-0.1, -0.05) is 54.1 Å². The lowest BCUT2D eigenvalue weighted by molar-refractivity contribution is -0.117. The number of hydrogen-bond acceptors (Lipinski definition) is 4. The summed E-state index contributed by atoms with van der Waals surface area (Å²) >= 11 is 6.16. The Morgan fingerprint density at radius 1 is 1.03 bits per heavy atom. The van der Waals surface area contributed by atoms with Crippen molar-refractivity contribution in [1.29, 1.82) is 0 Å². The summed E-state index contributed by atoms with van der Waals surface area (Å²) < 4.78 is 34.2. The van der Waals surface area contributed by atoms with Gasteiger partial charge in [0.25, 0.3) is 0 Å². The molecule has 1 amide bonds. The largest absolute Gasteiger partial charge is 0.495 e. The minimum Gasteiger partial charge on any atom is -0.495 e. The van der Waals surface area contributed by atoms with Gasteiger partial charge in [-0.3, -0.25) is 4.79 Å². The summed E-state index contributed by atoms with van der Waals surface area (Å²) in [6.45, 7) is 3.64. The SMILES string of the molecule is COc1ccc(C)cc1S(=O)(=O)N[C@H](Cc1ccccc1)C(=O)Nc1ccc(C)c(Cl)c1. The fraction of sp³-hybridized carbons (Fsp3) is 0.208. The molecular formula is C24H25ClN2O4S. The van der Waals surface area contributed by atoms with E-state index in [1.807, 2.05) is 37.3 Å². The number of sulfonamides is 1. The molecule has 0 aromatic heterocycles. The highest BCUT2D eigenvalue weighted by atomic mass is 35.5. The number of benzene rings is 3. The smallest absolute Gasteiger partial charge is 0.245 e. The summed E-state index contributed by atoms with van der Waals surface area (Å²) in [5, 5.41) is 3.27. The maximum atomic E-state index is 13.2. The van der Waals surface area contributed by atoms with Gasteiger partial charge in [0, 0.05) is 10.7 Å². The normalized spacial score (nSPS) is 12.2. The van der Waals surface area contributed by atoms with E-state index in [-0.39, 0.29) is 17.1 Å². The summed E-state index contributed by atoms with van der Waals surface area (Å²) in [6, 6.07) is 18.1. The minimum atomic E-state index is -4.06. The molecule has 1 atom stereocenters. The Labute approximate surface area is 193 Å². The molecule has 3 aromatic carbocycles. The van der Waals surface area contributed by atoms with Crippen LogP contribution in [0.5, 0.6) is 5.75 Å². The predicted octanol–water partition coefficient (Wildman–Crippen LogP) is 4.49. The standard InChI is InChI=1S/C24H25ClN2O4S/c1-16-9-12-22(31-3)23(13-16)32(29,30)27-21(14-18-7-5-4-6-8-18)24(28)26-19-11-10-17(2)20(25)15-19/h4-13,15,21,27H,14H2,1-3H3,(H,26,28)/t21-/m1/s1. The number of rotatable bonds is 8. The number of methoxy groups -OCH3 is 1. The van der Waals surface area contributed by atoms with Crippen molar-refractivity contribution in [2.45, 2.75) is 31.2 Å². The molecule has 0 fully saturated rings. The third-order valence-electron chi connectivity index (χ3n) is 4.94. The van der Waals surface area contributed by atoms with Gasteiger partial charge in [-0.15, -0.1) is 0 Å². The highest BCUT2D eigenvalue weighted by Gasteiger charge is 2.28. The summed E-state index contributed by atoms with van der Waals surface area (Å²) in [5.74, 6) is -0.295. The van der Waals surface area contributed by atoms with Crippen LogP contribution in [0, 0.1) is 13.8 Å². The molecule has 0 bridgehead atoms. The van der Waals surface area contributed by atoms with E-state index in [4.69, 9.17) is 16.3 Å². The maximum absolute atomic E-state index is 13.2. The van der Waals surface area contributed by atoms with E-state index >= 15 is 0 Å². The van der Waals surface area contributed by atoms with Gasteiger partial charge in [-0.05, 0) is 61.2 Å². The third-order valence-corrected chi connectivity index (χ3v) is 6.84. The van der Waals surface area contributed by atoms with Crippen LogP contribution in [0.2, 0.25) is 5.02 Å². The van der Waals surface area contributed by atoms with E-state index in [9.17, 15) is 13.2 Å². The van der Waals surface area contributed by atoms with Gasteiger partial charge in [-0.2, -0.15) is 4.72 Å². The molecule has 2 N–H and O–H groups in total. The maximum Gasteiger partial charge on any atom is 0.245 e. The molecule has 3 rings (SSSR count). The van der Waals surface area contributed by atoms with Crippen molar-refractivity contribution < 1.29 is 17.9 Å². The number of amides is 1. The highest BCUT2D eigenvalue weighted by Crippen LogP contribution is 2.25. The quantitative estimate of drug-likeness (QED) is 0.505. The van der Waals surface area contributed by atoms with Crippen LogP contribution in [0.15, 0.2) is 71.6 Å². The summed E-state index contributed by atoms with van der Waals surface area (Å²) in [4.78, 5) is 13.1. The number of ether oxygens (including phenoxy) is 1. The fourth-order valence-electron chi connectivity index (χ4n) is 3.18. The van der Waals surface area contributed by atoms with Crippen molar-refractivity contribution in [2.24, 2.45) is 0 Å². The van der Waals surface area contributed by atoms with Crippen molar-refractivity contribution in [2.75, 3.05) is 12.4 Å². The van der Waals surface area contributed by atoms with Crippen molar-refractivity contribution in [3.05, 3.63) is 88.4 Å². The molecule has 0 aliphatic heterocycles. The number of anilines is 1. The van der Waals surface area contributed by atoms with Gasteiger partial charge in [0.1, 0.15) is 16.7 Å².